The van der Waals surface area contributed by atoms with E-state index in [1.54, 1.807) is 0 Å². The second-order valence-electron chi connectivity index (χ2n) is 2.66. The van der Waals surface area contributed by atoms with E-state index in [2.05, 4.69) is 0 Å². The SMILES string of the molecule is O=C1C=CC(=O)N1[I-]N1C(=O)C=CC1=O. The molecule has 0 saturated heterocycles. The molecule has 0 spiro atoms. The third-order valence-electron chi connectivity index (χ3n) is 1.66. The van der Waals surface area contributed by atoms with Gasteiger partial charge in [0.25, 0.3) is 0 Å². The minimum absolute atomic E-state index is 0.472. The fourth-order valence-corrected chi connectivity index (χ4v) is 2.91. The number of carbonyl (C=O) groups excluding carboxylic acids is 4. The van der Waals surface area contributed by atoms with Crippen LogP contribution in [0, 0.1) is 0 Å². The zero-order valence-corrected chi connectivity index (χ0v) is 9.37. The zero-order chi connectivity index (χ0) is 11.0. The van der Waals surface area contributed by atoms with Gasteiger partial charge in [-0.1, -0.05) is 0 Å². The summed E-state index contributed by atoms with van der Waals surface area (Å²) in [4.78, 5) is 44.6. The average Bonchev–Trinajstić information content (AvgIpc) is 2.67. The van der Waals surface area contributed by atoms with E-state index in [0.29, 0.717) is 0 Å². The molecule has 0 aromatic heterocycles. The molecule has 15 heavy (non-hydrogen) atoms. The van der Waals surface area contributed by atoms with Gasteiger partial charge in [0, 0.05) is 0 Å². The molecule has 0 radical (unpaired) electrons. The van der Waals surface area contributed by atoms with Crippen molar-refractivity contribution in [3.05, 3.63) is 24.3 Å². The number of imide groups is 2. The summed E-state index contributed by atoms with van der Waals surface area (Å²) in [6, 6.07) is 0. The van der Waals surface area contributed by atoms with E-state index in [4.69, 9.17) is 0 Å². The van der Waals surface area contributed by atoms with Crippen molar-refractivity contribution in [2.24, 2.45) is 0 Å². The molecule has 2 rings (SSSR count). The Balaban J connectivity index is 2.10. The Morgan fingerprint density at radius 1 is 0.667 bits per heavy atom. The Bertz CT molecular complexity index is 364. The quantitative estimate of drug-likeness (QED) is 0.294. The molecule has 2 aliphatic rings. The predicted molar refractivity (Wildman–Crippen MR) is 42.0 cm³/mol. The molecule has 78 valence electrons. The van der Waals surface area contributed by atoms with E-state index in [1.165, 1.54) is 0 Å². The maximum atomic E-state index is 11.2. The Labute approximate surface area is 95.2 Å². The van der Waals surface area contributed by atoms with Crippen LogP contribution in [-0.4, -0.2) is 29.9 Å². The van der Waals surface area contributed by atoms with E-state index >= 15 is 0 Å². The summed E-state index contributed by atoms with van der Waals surface area (Å²) in [5, 5.41) is 0. The van der Waals surface area contributed by atoms with Crippen molar-refractivity contribution in [2.75, 3.05) is 0 Å². The van der Waals surface area contributed by atoms with Crippen molar-refractivity contribution in [1.29, 1.82) is 0 Å². The van der Waals surface area contributed by atoms with Crippen LogP contribution in [0.15, 0.2) is 24.3 Å². The van der Waals surface area contributed by atoms with Crippen LogP contribution >= 0.6 is 0 Å². The molecule has 0 bridgehead atoms. The molecule has 0 aromatic carbocycles. The zero-order valence-electron chi connectivity index (χ0n) is 7.21. The van der Waals surface area contributed by atoms with Gasteiger partial charge >= 0.3 is 95.1 Å². The van der Waals surface area contributed by atoms with Crippen molar-refractivity contribution in [1.82, 2.24) is 6.23 Å². The predicted octanol–water partition coefficient (Wildman–Crippen LogP) is -4.24. The third-order valence-corrected chi connectivity index (χ3v) is 4.43. The van der Waals surface area contributed by atoms with E-state index < -0.39 is 45.4 Å². The summed E-state index contributed by atoms with van der Waals surface area (Å²) in [5.74, 6) is -1.89. The third kappa shape index (κ3) is 1.69. The van der Waals surface area contributed by atoms with Gasteiger partial charge in [-0.05, 0) is 0 Å². The fourth-order valence-electron chi connectivity index (χ4n) is 0.989. The number of hydrogen-bond donors (Lipinski definition) is 0. The molecule has 2 aliphatic heterocycles. The number of carbonyl (C=O) groups is 4. The van der Waals surface area contributed by atoms with Gasteiger partial charge in [-0.2, -0.15) is 0 Å². The van der Waals surface area contributed by atoms with Gasteiger partial charge in [0.15, 0.2) is 0 Å². The molecule has 0 fully saturated rings. The molecule has 2 heterocycles. The Morgan fingerprint density at radius 3 is 1.20 bits per heavy atom. The molecule has 0 saturated carbocycles. The van der Waals surface area contributed by atoms with Crippen molar-refractivity contribution in [3.63, 3.8) is 0 Å². The van der Waals surface area contributed by atoms with Crippen molar-refractivity contribution in [2.45, 2.75) is 0 Å². The second-order valence-corrected chi connectivity index (χ2v) is 5.02. The monoisotopic (exact) mass is 319 g/mol. The molecular weight excluding hydrogens is 315 g/mol. The summed E-state index contributed by atoms with van der Waals surface area (Å²) in [5.41, 5.74) is 0. The van der Waals surface area contributed by atoms with Crippen LogP contribution < -0.4 is 21.8 Å². The van der Waals surface area contributed by atoms with Gasteiger partial charge < -0.3 is 0 Å². The number of amides is 4. The van der Waals surface area contributed by atoms with Crippen LogP contribution in [0.25, 0.3) is 0 Å². The fraction of sp³-hybridized carbons (Fsp3) is 0. The van der Waals surface area contributed by atoms with Gasteiger partial charge in [0.1, 0.15) is 0 Å². The van der Waals surface area contributed by atoms with E-state index in [1.807, 2.05) is 0 Å². The summed E-state index contributed by atoms with van der Waals surface area (Å²) in [6.45, 7) is 0. The van der Waals surface area contributed by atoms with Crippen LogP contribution in [0.3, 0.4) is 0 Å². The second kappa shape index (κ2) is 3.57. The molecular formula is C8H4IN2O4-. The average molecular weight is 319 g/mol. The molecule has 0 atom stereocenters. The molecule has 6 nitrogen and oxygen atoms in total. The molecule has 0 unspecified atom stereocenters. The van der Waals surface area contributed by atoms with Crippen LogP contribution in [-0.2, 0) is 19.2 Å². The molecule has 4 amide bonds. The topological polar surface area (TPSA) is 74.8 Å². The number of rotatable bonds is 2. The van der Waals surface area contributed by atoms with Crippen molar-refractivity contribution in [3.8, 4) is 0 Å². The summed E-state index contributed by atoms with van der Waals surface area (Å²) in [6.07, 6.45) is 4.50. The van der Waals surface area contributed by atoms with Crippen LogP contribution in [0.4, 0.5) is 0 Å². The molecule has 0 N–H and O–H groups in total. The Kier molecular flexibility index (Phi) is 2.39. The first-order valence-corrected chi connectivity index (χ1v) is 5.80. The van der Waals surface area contributed by atoms with Gasteiger partial charge in [0.2, 0.25) is 0 Å². The number of halogens is 1. The van der Waals surface area contributed by atoms with Crippen LogP contribution in [0.1, 0.15) is 0 Å². The van der Waals surface area contributed by atoms with E-state index in [9.17, 15) is 19.2 Å². The van der Waals surface area contributed by atoms with Gasteiger partial charge in [-0.3, -0.25) is 0 Å². The summed E-state index contributed by atoms with van der Waals surface area (Å²) >= 11 is -1.40. The normalized spacial score (nSPS) is 20.3. The molecule has 0 aromatic rings. The molecule has 7 heteroatoms. The first-order chi connectivity index (χ1) is 7.09. The minimum atomic E-state index is -1.40. The Morgan fingerprint density at radius 2 is 0.933 bits per heavy atom. The first kappa shape index (κ1) is 10.0. The summed E-state index contributed by atoms with van der Waals surface area (Å²) in [7, 11) is 0. The molecule has 0 aliphatic carbocycles. The number of hydrogen-bond acceptors (Lipinski definition) is 4. The van der Waals surface area contributed by atoms with E-state index in [-0.39, 0.29) is 0 Å². The van der Waals surface area contributed by atoms with Gasteiger partial charge in [-0.15, -0.1) is 0 Å². The van der Waals surface area contributed by atoms with Crippen molar-refractivity contribution >= 4 is 23.6 Å². The summed E-state index contributed by atoms with van der Waals surface area (Å²) < 4.78 is 1.86. The van der Waals surface area contributed by atoms with Gasteiger partial charge in [0.05, 0.1) is 0 Å². The maximum absolute atomic E-state index is 11.2. The van der Waals surface area contributed by atoms with Crippen LogP contribution in [0.2, 0.25) is 0 Å². The first-order valence-electron chi connectivity index (χ1n) is 3.87. The van der Waals surface area contributed by atoms with E-state index in [0.717, 1.165) is 30.5 Å². The number of nitrogens with zero attached hydrogens (tertiary/aromatic N) is 2. The Hall–Kier alpha value is -1.51. The van der Waals surface area contributed by atoms with Gasteiger partial charge in [-0.25, -0.2) is 0 Å². The van der Waals surface area contributed by atoms with Crippen LogP contribution in [0.5, 0.6) is 0 Å². The van der Waals surface area contributed by atoms with Crippen molar-refractivity contribution < 1.29 is 40.9 Å². The standard InChI is InChI=1S/C8H4IN2O4/c12-5-1-2-6(13)10(5)9-11-7(14)3-4-8(11)15/h1-4H/q-1.